The predicted molar refractivity (Wildman–Crippen MR) is 84.2 cm³/mol. The normalized spacial score (nSPS) is 20.7. The zero-order chi connectivity index (χ0) is 15.6. The van der Waals surface area contributed by atoms with Gasteiger partial charge in [-0.25, -0.2) is 8.42 Å². The first-order chi connectivity index (χ1) is 9.75. The molecule has 1 atom stereocenters. The Morgan fingerprint density at radius 3 is 2.43 bits per heavy atom. The third kappa shape index (κ3) is 4.54. The highest BCUT2D eigenvalue weighted by Crippen LogP contribution is 2.17. The molecule has 1 aliphatic heterocycles. The molecule has 1 N–H and O–H groups in total. The fraction of sp³-hybridized carbons (Fsp3) is 0.533. The third-order valence-electron chi connectivity index (χ3n) is 3.73. The van der Waals surface area contributed by atoms with Gasteiger partial charge >= 0.3 is 0 Å². The van der Waals surface area contributed by atoms with Crippen LogP contribution in [0, 0.1) is 13.8 Å². The molecular formula is C15H22N2O3S. The molecule has 5 nitrogen and oxygen atoms in total. The van der Waals surface area contributed by atoms with Gasteiger partial charge in [-0.1, -0.05) is 6.07 Å². The second-order valence-corrected chi connectivity index (χ2v) is 8.13. The number of hydrogen-bond donors (Lipinski definition) is 1. The number of amides is 1. The van der Waals surface area contributed by atoms with Crippen molar-refractivity contribution in [1.82, 2.24) is 4.90 Å². The minimum Gasteiger partial charge on any atom is -0.325 e. The molecule has 0 aliphatic carbocycles. The van der Waals surface area contributed by atoms with Crippen LogP contribution in [0.3, 0.4) is 0 Å². The first-order valence-corrected chi connectivity index (χ1v) is 8.86. The van der Waals surface area contributed by atoms with Crippen molar-refractivity contribution in [1.29, 1.82) is 0 Å². The fourth-order valence-electron chi connectivity index (χ4n) is 2.73. The smallest absolute Gasteiger partial charge is 0.238 e. The van der Waals surface area contributed by atoms with Gasteiger partial charge < -0.3 is 5.32 Å². The minimum atomic E-state index is -2.92. The van der Waals surface area contributed by atoms with Crippen LogP contribution < -0.4 is 5.32 Å². The Labute approximate surface area is 126 Å². The average Bonchev–Trinajstić information content (AvgIpc) is 2.68. The number of hydrogen-bond acceptors (Lipinski definition) is 4. The van der Waals surface area contributed by atoms with Crippen LogP contribution in [-0.4, -0.2) is 50.4 Å². The van der Waals surface area contributed by atoms with Crippen LogP contribution in [0.15, 0.2) is 18.2 Å². The van der Waals surface area contributed by atoms with E-state index in [0.717, 1.165) is 16.8 Å². The predicted octanol–water partition coefficient (Wildman–Crippen LogP) is 1.36. The number of rotatable bonds is 4. The van der Waals surface area contributed by atoms with Crippen molar-refractivity contribution < 1.29 is 13.2 Å². The first-order valence-electron chi connectivity index (χ1n) is 7.04. The molecule has 0 bridgehead atoms. The van der Waals surface area contributed by atoms with Gasteiger partial charge in [-0.05, 0) is 50.6 Å². The van der Waals surface area contributed by atoms with Crippen LogP contribution in [0.25, 0.3) is 0 Å². The number of carbonyl (C=O) groups excluding carboxylic acids is 1. The van der Waals surface area contributed by atoms with Crippen LogP contribution in [0.2, 0.25) is 0 Å². The molecule has 1 amide bonds. The molecule has 0 saturated carbocycles. The summed E-state index contributed by atoms with van der Waals surface area (Å²) in [5.41, 5.74) is 2.98. The highest BCUT2D eigenvalue weighted by atomic mass is 32.2. The Morgan fingerprint density at radius 2 is 1.90 bits per heavy atom. The summed E-state index contributed by atoms with van der Waals surface area (Å²) in [7, 11) is -1.12. The Balaban J connectivity index is 1.92. The Bertz CT molecular complexity index is 620. The summed E-state index contributed by atoms with van der Waals surface area (Å²) in [5, 5.41) is 2.87. The van der Waals surface area contributed by atoms with Crippen LogP contribution in [0.4, 0.5) is 5.69 Å². The molecule has 21 heavy (non-hydrogen) atoms. The molecule has 1 saturated heterocycles. The van der Waals surface area contributed by atoms with E-state index in [9.17, 15) is 13.2 Å². The molecule has 1 aliphatic rings. The molecule has 1 heterocycles. The molecule has 1 aromatic rings. The number of likely N-dealkylation sites (N-methyl/N-ethyl adjacent to an activating group) is 1. The van der Waals surface area contributed by atoms with Crippen molar-refractivity contribution >= 4 is 21.4 Å². The van der Waals surface area contributed by atoms with Crippen molar-refractivity contribution in [2.24, 2.45) is 0 Å². The maximum absolute atomic E-state index is 12.1. The van der Waals surface area contributed by atoms with Crippen molar-refractivity contribution in [2.45, 2.75) is 26.3 Å². The lowest BCUT2D eigenvalue weighted by Gasteiger charge is -2.22. The van der Waals surface area contributed by atoms with E-state index in [1.54, 1.807) is 7.05 Å². The first kappa shape index (κ1) is 16.0. The number of carbonyl (C=O) groups is 1. The highest BCUT2D eigenvalue weighted by molar-refractivity contribution is 7.91. The van der Waals surface area contributed by atoms with Gasteiger partial charge in [0.2, 0.25) is 5.91 Å². The van der Waals surface area contributed by atoms with E-state index in [1.165, 1.54) is 0 Å². The molecule has 1 unspecified atom stereocenters. The maximum atomic E-state index is 12.1. The van der Waals surface area contributed by atoms with Crippen LogP contribution in [-0.2, 0) is 14.6 Å². The zero-order valence-corrected chi connectivity index (χ0v) is 13.5. The average molecular weight is 310 g/mol. The second kappa shape index (κ2) is 6.15. The van der Waals surface area contributed by atoms with E-state index in [4.69, 9.17) is 0 Å². The van der Waals surface area contributed by atoms with Gasteiger partial charge in [0.05, 0.1) is 18.1 Å². The van der Waals surface area contributed by atoms with E-state index >= 15 is 0 Å². The number of anilines is 1. The van der Waals surface area contributed by atoms with Gasteiger partial charge in [-0.15, -0.1) is 0 Å². The summed E-state index contributed by atoms with van der Waals surface area (Å²) < 4.78 is 22.9. The largest absolute Gasteiger partial charge is 0.325 e. The highest BCUT2D eigenvalue weighted by Gasteiger charge is 2.31. The van der Waals surface area contributed by atoms with Crippen molar-refractivity contribution in [2.75, 3.05) is 30.4 Å². The molecule has 0 aromatic heterocycles. The van der Waals surface area contributed by atoms with E-state index in [2.05, 4.69) is 5.32 Å². The summed E-state index contributed by atoms with van der Waals surface area (Å²) in [6.07, 6.45) is 0.607. The molecule has 2 rings (SSSR count). The summed E-state index contributed by atoms with van der Waals surface area (Å²) in [6, 6.07) is 5.83. The summed E-state index contributed by atoms with van der Waals surface area (Å²) in [4.78, 5) is 13.9. The van der Waals surface area contributed by atoms with E-state index in [1.807, 2.05) is 36.9 Å². The van der Waals surface area contributed by atoms with Gasteiger partial charge in [-0.2, -0.15) is 0 Å². The summed E-state index contributed by atoms with van der Waals surface area (Å²) >= 11 is 0. The summed E-state index contributed by atoms with van der Waals surface area (Å²) in [5.74, 6) is 0.257. The Hall–Kier alpha value is -1.40. The third-order valence-corrected chi connectivity index (χ3v) is 5.48. The van der Waals surface area contributed by atoms with E-state index in [0.29, 0.717) is 6.42 Å². The number of benzene rings is 1. The van der Waals surface area contributed by atoms with Gasteiger partial charge in [-0.3, -0.25) is 9.69 Å². The Morgan fingerprint density at radius 1 is 1.29 bits per heavy atom. The van der Waals surface area contributed by atoms with Gasteiger partial charge in [0.25, 0.3) is 0 Å². The van der Waals surface area contributed by atoms with E-state index < -0.39 is 9.84 Å². The van der Waals surface area contributed by atoms with Crippen LogP contribution in [0.5, 0.6) is 0 Å². The van der Waals surface area contributed by atoms with Gasteiger partial charge in [0, 0.05) is 11.7 Å². The maximum Gasteiger partial charge on any atom is 0.238 e. The van der Waals surface area contributed by atoms with Crippen LogP contribution in [0.1, 0.15) is 17.5 Å². The van der Waals surface area contributed by atoms with E-state index in [-0.39, 0.29) is 30.0 Å². The number of nitrogens with zero attached hydrogens (tertiary/aromatic N) is 1. The molecule has 0 radical (unpaired) electrons. The molecule has 1 aromatic carbocycles. The standard InChI is InChI=1S/C15H22N2O3S/c1-11-6-12(2)8-13(7-11)16-15(18)9-17(3)14-4-5-21(19,20)10-14/h6-8,14H,4-5,9-10H2,1-3H3,(H,16,18). The lowest BCUT2D eigenvalue weighted by atomic mass is 10.1. The lowest BCUT2D eigenvalue weighted by Crippen LogP contribution is -2.38. The quantitative estimate of drug-likeness (QED) is 0.912. The topological polar surface area (TPSA) is 66.5 Å². The Kier molecular flexibility index (Phi) is 4.68. The van der Waals surface area contributed by atoms with Crippen molar-refractivity contribution in [3.8, 4) is 0 Å². The number of nitrogens with one attached hydrogen (secondary N) is 1. The second-order valence-electron chi connectivity index (χ2n) is 5.90. The number of sulfone groups is 1. The SMILES string of the molecule is Cc1cc(C)cc(NC(=O)CN(C)C2CCS(=O)(=O)C2)c1. The summed E-state index contributed by atoms with van der Waals surface area (Å²) in [6.45, 7) is 4.17. The lowest BCUT2D eigenvalue weighted by molar-refractivity contribution is -0.117. The molecule has 116 valence electrons. The molecule has 0 spiro atoms. The van der Waals surface area contributed by atoms with Crippen LogP contribution >= 0.6 is 0 Å². The number of aryl methyl sites for hydroxylation is 2. The monoisotopic (exact) mass is 310 g/mol. The molecule has 1 fully saturated rings. The van der Waals surface area contributed by atoms with Gasteiger partial charge in [0.15, 0.2) is 9.84 Å². The van der Waals surface area contributed by atoms with Gasteiger partial charge in [0.1, 0.15) is 0 Å². The van der Waals surface area contributed by atoms with Crippen molar-refractivity contribution in [3.63, 3.8) is 0 Å². The molecular weight excluding hydrogens is 288 g/mol. The molecule has 6 heteroatoms. The zero-order valence-electron chi connectivity index (χ0n) is 12.7. The fourth-order valence-corrected chi connectivity index (χ4v) is 4.53. The minimum absolute atomic E-state index is 0.0556. The van der Waals surface area contributed by atoms with Crippen molar-refractivity contribution in [3.05, 3.63) is 29.3 Å².